The molecule has 1 aliphatic carbocycles. The standard InChI is InChI=1S/C27H31N5/c28-26-29-17-21-16-27(24-9-5-4-8-23(24)25(21)30-26)11-14-32(15-12-27)22-10-13-31(19-22)18-20-6-2-1-3-7-20/h1-9,17,22H,10-16,18-19H2,(H2,28,29,30). The number of fused-ring (bicyclic) bond motifs is 4. The normalized spacial score (nSPS) is 22.6. The van der Waals surface area contributed by atoms with Crippen molar-refractivity contribution in [3.8, 4) is 11.3 Å². The predicted octanol–water partition coefficient (Wildman–Crippen LogP) is 3.89. The number of nitrogens with two attached hydrogens (primary N) is 1. The van der Waals surface area contributed by atoms with E-state index in [2.05, 4.69) is 74.4 Å². The Balaban J connectivity index is 1.17. The van der Waals surface area contributed by atoms with Gasteiger partial charge in [-0.3, -0.25) is 9.80 Å². The van der Waals surface area contributed by atoms with Crippen molar-refractivity contribution in [1.82, 2.24) is 19.8 Å². The molecule has 2 aromatic carbocycles. The highest BCUT2D eigenvalue weighted by Gasteiger charge is 2.43. The quantitative estimate of drug-likeness (QED) is 0.690. The first kappa shape index (κ1) is 19.9. The summed E-state index contributed by atoms with van der Waals surface area (Å²) >= 11 is 0. The van der Waals surface area contributed by atoms with Gasteiger partial charge in [-0.05, 0) is 55.5 Å². The highest BCUT2D eigenvalue weighted by Crippen LogP contribution is 2.48. The van der Waals surface area contributed by atoms with Crippen LogP contribution in [0.5, 0.6) is 0 Å². The molecule has 1 aromatic heterocycles. The zero-order chi connectivity index (χ0) is 21.5. The Hall–Kier alpha value is -2.76. The zero-order valence-electron chi connectivity index (χ0n) is 18.6. The van der Waals surface area contributed by atoms with Gasteiger partial charge in [0.15, 0.2) is 0 Å². The fourth-order valence-corrected chi connectivity index (χ4v) is 6.25. The molecule has 2 N–H and O–H groups in total. The maximum atomic E-state index is 5.92. The third-order valence-electron chi connectivity index (χ3n) is 7.93. The van der Waals surface area contributed by atoms with Crippen molar-refractivity contribution in [2.24, 2.45) is 0 Å². The summed E-state index contributed by atoms with van der Waals surface area (Å²) in [6.45, 7) is 5.81. The summed E-state index contributed by atoms with van der Waals surface area (Å²) in [5, 5.41) is 0. The Morgan fingerprint density at radius 2 is 1.75 bits per heavy atom. The average molecular weight is 426 g/mol. The Morgan fingerprint density at radius 1 is 0.969 bits per heavy atom. The van der Waals surface area contributed by atoms with Crippen LogP contribution in [-0.4, -0.2) is 52.0 Å². The second-order valence-electron chi connectivity index (χ2n) is 9.80. The lowest BCUT2D eigenvalue weighted by atomic mass is 9.64. The Morgan fingerprint density at radius 3 is 2.59 bits per heavy atom. The SMILES string of the molecule is Nc1ncc2c(n1)-c1ccccc1C1(CCN(C3CCN(Cc4ccccc4)C3)CC1)C2. The molecular formula is C27H31N5. The first-order valence-electron chi connectivity index (χ1n) is 11.9. The molecule has 164 valence electrons. The van der Waals surface area contributed by atoms with E-state index in [1.807, 2.05) is 6.20 Å². The third-order valence-corrected chi connectivity index (χ3v) is 7.93. The van der Waals surface area contributed by atoms with E-state index in [0.29, 0.717) is 12.0 Å². The summed E-state index contributed by atoms with van der Waals surface area (Å²) in [6, 6.07) is 20.4. The summed E-state index contributed by atoms with van der Waals surface area (Å²) in [4.78, 5) is 14.3. The molecule has 6 rings (SSSR count). The van der Waals surface area contributed by atoms with E-state index in [4.69, 9.17) is 5.73 Å². The Labute approximate surface area is 190 Å². The molecule has 2 aliphatic heterocycles. The highest BCUT2D eigenvalue weighted by molar-refractivity contribution is 5.72. The number of nitrogen functional groups attached to an aromatic ring is 1. The molecule has 32 heavy (non-hydrogen) atoms. The molecule has 1 unspecified atom stereocenters. The van der Waals surface area contributed by atoms with Crippen molar-refractivity contribution >= 4 is 5.95 Å². The van der Waals surface area contributed by atoms with E-state index >= 15 is 0 Å². The molecule has 0 amide bonds. The lowest BCUT2D eigenvalue weighted by Crippen LogP contribution is -2.49. The van der Waals surface area contributed by atoms with Crippen LogP contribution in [0.15, 0.2) is 60.8 Å². The molecule has 3 aliphatic rings. The van der Waals surface area contributed by atoms with Gasteiger partial charge >= 0.3 is 0 Å². The molecule has 0 radical (unpaired) electrons. The summed E-state index contributed by atoms with van der Waals surface area (Å²) in [6.07, 6.45) is 6.66. The second-order valence-corrected chi connectivity index (χ2v) is 9.80. The van der Waals surface area contributed by atoms with E-state index < -0.39 is 0 Å². The highest BCUT2D eigenvalue weighted by atomic mass is 15.3. The number of benzene rings is 2. The van der Waals surface area contributed by atoms with Gasteiger partial charge in [0.2, 0.25) is 5.95 Å². The number of likely N-dealkylation sites (tertiary alicyclic amines) is 2. The summed E-state index contributed by atoms with van der Waals surface area (Å²) in [7, 11) is 0. The molecule has 1 spiro atoms. The Kier molecular flexibility index (Phi) is 4.96. The van der Waals surface area contributed by atoms with Gasteiger partial charge in [-0.1, -0.05) is 54.6 Å². The number of hydrogen-bond donors (Lipinski definition) is 1. The fraction of sp³-hybridized carbons (Fsp3) is 0.407. The van der Waals surface area contributed by atoms with E-state index in [-0.39, 0.29) is 5.41 Å². The number of nitrogens with zero attached hydrogens (tertiary/aromatic N) is 4. The molecule has 2 fully saturated rings. The topological polar surface area (TPSA) is 58.3 Å². The van der Waals surface area contributed by atoms with Crippen LogP contribution >= 0.6 is 0 Å². The van der Waals surface area contributed by atoms with Crippen LogP contribution in [0.3, 0.4) is 0 Å². The molecule has 5 nitrogen and oxygen atoms in total. The number of piperidine rings is 1. The van der Waals surface area contributed by atoms with Gasteiger partial charge in [0, 0.05) is 42.9 Å². The molecule has 5 heteroatoms. The molecule has 0 saturated carbocycles. The van der Waals surface area contributed by atoms with Gasteiger partial charge in [0.25, 0.3) is 0 Å². The zero-order valence-corrected chi connectivity index (χ0v) is 18.6. The first-order valence-corrected chi connectivity index (χ1v) is 11.9. The number of anilines is 1. The van der Waals surface area contributed by atoms with Crippen LogP contribution < -0.4 is 5.73 Å². The molecule has 0 bridgehead atoms. The van der Waals surface area contributed by atoms with Crippen LogP contribution in [0.4, 0.5) is 5.95 Å². The van der Waals surface area contributed by atoms with Gasteiger partial charge in [-0.2, -0.15) is 0 Å². The average Bonchev–Trinajstić information content (AvgIpc) is 3.29. The van der Waals surface area contributed by atoms with Crippen molar-refractivity contribution < 1.29 is 0 Å². The van der Waals surface area contributed by atoms with Crippen molar-refractivity contribution in [1.29, 1.82) is 0 Å². The molecule has 1 atom stereocenters. The predicted molar refractivity (Wildman–Crippen MR) is 128 cm³/mol. The van der Waals surface area contributed by atoms with Crippen LogP contribution in [-0.2, 0) is 18.4 Å². The molecular weight excluding hydrogens is 394 g/mol. The van der Waals surface area contributed by atoms with E-state index in [9.17, 15) is 0 Å². The third kappa shape index (κ3) is 3.50. The first-order chi connectivity index (χ1) is 15.7. The van der Waals surface area contributed by atoms with Crippen molar-refractivity contribution in [3.63, 3.8) is 0 Å². The van der Waals surface area contributed by atoms with Gasteiger partial charge in [-0.15, -0.1) is 0 Å². The maximum Gasteiger partial charge on any atom is 0.220 e. The number of rotatable bonds is 3. The van der Waals surface area contributed by atoms with E-state index in [1.165, 1.54) is 67.7 Å². The summed E-state index contributed by atoms with van der Waals surface area (Å²) in [5.74, 6) is 0.366. The lowest BCUT2D eigenvalue weighted by Gasteiger charge is -2.47. The molecule has 3 heterocycles. The van der Waals surface area contributed by atoms with Crippen LogP contribution in [0.1, 0.15) is 36.0 Å². The van der Waals surface area contributed by atoms with Gasteiger partial charge in [0.1, 0.15) is 0 Å². The summed E-state index contributed by atoms with van der Waals surface area (Å²) in [5.41, 5.74) is 12.5. The van der Waals surface area contributed by atoms with Crippen molar-refractivity contribution in [2.45, 2.75) is 43.7 Å². The molecule has 3 aromatic rings. The van der Waals surface area contributed by atoms with Gasteiger partial charge < -0.3 is 5.73 Å². The molecule has 2 saturated heterocycles. The number of aromatic nitrogens is 2. The van der Waals surface area contributed by atoms with E-state index in [1.54, 1.807) is 0 Å². The largest absolute Gasteiger partial charge is 0.368 e. The maximum absolute atomic E-state index is 5.92. The van der Waals surface area contributed by atoms with Crippen LogP contribution in [0, 0.1) is 0 Å². The minimum Gasteiger partial charge on any atom is -0.368 e. The van der Waals surface area contributed by atoms with Gasteiger partial charge in [-0.25, -0.2) is 9.97 Å². The van der Waals surface area contributed by atoms with Crippen molar-refractivity contribution in [3.05, 3.63) is 77.5 Å². The van der Waals surface area contributed by atoms with Crippen LogP contribution in [0.2, 0.25) is 0 Å². The fourth-order valence-electron chi connectivity index (χ4n) is 6.25. The second kappa shape index (κ2) is 7.98. The minimum atomic E-state index is 0.196. The summed E-state index contributed by atoms with van der Waals surface area (Å²) < 4.78 is 0. The van der Waals surface area contributed by atoms with Crippen LogP contribution in [0.25, 0.3) is 11.3 Å². The lowest BCUT2D eigenvalue weighted by molar-refractivity contribution is 0.113. The smallest absolute Gasteiger partial charge is 0.220 e. The monoisotopic (exact) mass is 425 g/mol. The van der Waals surface area contributed by atoms with Crippen molar-refractivity contribution in [2.75, 3.05) is 31.9 Å². The van der Waals surface area contributed by atoms with Gasteiger partial charge in [0.05, 0.1) is 5.69 Å². The Bertz CT molecular complexity index is 1100. The minimum absolute atomic E-state index is 0.196. The number of hydrogen-bond acceptors (Lipinski definition) is 5. The van der Waals surface area contributed by atoms with E-state index in [0.717, 1.165) is 18.7 Å².